The molecule has 25 heavy (non-hydrogen) atoms. The van der Waals surface area contributed by atoms with Crippen molar-refractivity contribution in [2.75, 3.05) is 19.8 Å². The number of nitrogens with one attached hydrogen (secondary N) is 1. The van der Waals surface area contributed by atoms with Crippen LogP contribution in [0.1, 0.15) is 36.0 Å². The first-order valence-corrected chi connectivity index (χ1v) is 9.00. The van der Waals surface area contributed by atoms with Gasteiger partial charge in [-0.05, 0) is 44.4 Å². The molecule has 0 atom stereocenters. The smallest absolute Gasteiger partial charge is 0.271 e. The van der Waals surface area contributed by atoms with Gasteiger partial charge in [0, 0.05) is 10.4 Å². The van der Waals surface area contributed by atoms with Crippen LogP contribution in [0.15, 0.2) is 34.7 Å². The maximum atomic E-state index is 12.4. The maximum Gasteiger partial charge on any atom is 0.271 e. The molecule has 0 fully saturated rings. The van der Waals surface area contributed by atoms with Crippen molar-refractivity contribution < 1.29 is 19.0 Å². The summed E-state index contributed by atoms with van der Waals surface area (Å²) in [5.74, 6) is 1.10. The van der Waals surface area contributed by atoms with Crippen LogP contribution in [0.3, 0.4) is 0 Å². The van der Waals surface area contributed by atoms with E-state index in [9.17, 15) is 4.79 Å². The molecule has 1 amide bonds. The molecule has 0 aliphatic heterocycles. The SMILES string of the molecule is CCOc1cc(C(=O)NN=Cc2cccs2)cc(OCC)c1OCC. The van der Waals surface area contributed by atoms with Crippen molar-refractivity contribution >= 4 is 23.5 Å². The standard InChI is InChI=1S/C18H22N2O4S/c1-4-22-15-10-13(11-16(23-5-2)17(15)24-6-3)18(21)20-19-12-14-8-7-9-25-14/h7-12H,4-6H2,1-3H3,(H,20,21). The minimum absolute atomic E-state index is 0.349. The second-order valence-electron chi connectivity index (χ2n) is 4.82. The van der Waals surface area contributed by atoms with Crippen LogP contribution < -0.4 is 19.6 Å². The fraction of sp³-hybridized carbons (Fsp3) is 0.333. The van der Waals surface area contributed by atoms with Gasteiger partial charge in [-0.25, -0.2) is 5.43 Å². The Kier molecular flexibility index (Phi) is 7.28. The fourth-order valence-electron chi connectivity index (χ4n) is 2.10. The lowest BCUT2D eigenvalue weighted by Gasteiger charge is -2.16. The summed E-state index contributed by atoms with van der Waals surface area (Å²) in [6.07, 6.45) is 1.60. The molecule has 0 radical (unpaired) electrons. The van der Waals surface area contributed by atoms with E-state index in [2.05, 4.69) is 10.5 Å². The molecule has 0 unspecified atom stereocenters. The molecule has 1 heterocycles. The van der Waals surface area contributed by atoms with Crippen LogP contribution in [0.2, 0.25) is 0 Å². The average Bonchev–Trinajstić information content (AvgIpc) is 3.11. The molecule has 1 aromatic heterocycles. The Bertz CT molecular complexity index is 687. The summed E-state index contributed by atoms with van der Waals surface area (Å²) in [7, 11) is 0. The van der Waals surface area contributed by atoms with E-state index in [0.717, 1.165) is 4.88 Å². The average molecular weight is 362 g/mol. The summed E-state index contributed by atoms with van der Waals surface area (Å²) in [6.45, 7) is 6.99. The molecular formula is C18H22N2O4S. The lowest BCUT2D eigenvalue weighted by atomic mass is 10.1. The summed E-state index contributed by atoms with van der Waals surface area (Å²) in [5, 5.41) is 5.92. The number of hydrogen-bond donors (Lipinski definition) is 1. The van der Waals surface area contributed by atoms with Crippen molar-refractivity contribution in [3.63, 3.8) is 0 Å². The Balaban J connectivity index is 2.24. The lowest BCUT2D eigenvalue weighted by Crippen LogP contribution is -2.18. The van der Waals surface area contributed by atoms with Gasteiger partial charge in [0.25, 0.3) is 5.91 Å². The normalized spacial score (nSPS) is 10.7. The zero-order chi connectivity index (χ0) is 18.1. The number of thiophene rings is 1. The molecule has 2 rings (SSSR count). The number of hydrogen-bond acceptors (Lipinski definition) is 6. The van der Waals surface area contributed by atoms with Crippen LogP contribution in [0.5, 0.6) is 17.2 Å². The number of carbonyl (C=O) groups is 1. The number of ether oxygens (including phenoxy) is 3. The van der Waals surface area contributed by atoms with E-state index in [4.69, 9.17) is 14.2 Å². The first-order valence-electron chi connectivity index (χ1n) is 8.12. The van der Waals surface area contributed by atoms with Crippen molar-refractivity contribution in [3.8, 4) is 17.2 Å². The predicted octanol–water partition coefficient (Wildman–Crippen LogP) is 3.71. The lowest BCUT2D eigenvalue weighted by molar-refractivity contribution is 0.0954. The van der Waals surface area contributed by atoms with Crippen molar-refractivity contribution in [1.82, 2.24) is 5.43 Å². The molecule has 0 aliphatic carbocycles. The topological polar surface area (TPSA) is 69.2 Å². The second kappa shape index (κ2) is 9.68. The monoisotopic (exact) mass is 362 g/mol. The Morgan fingerprint density at radius 2 is 1.76 bits per heavy atom. The second-order valence-corrected chi connectivity index (χ2v) is 5.79. The summed E-state index contributed by atoms with van der Waals surface area (Å²) in [4.78, 5) is 13.3. The van der Waals surface area contributed by atoms with E-state index in [1.54, 1.807) is 18.3 Å². The highest BCUT2D eigenvalue weighted by Crippen LogP contribution is 2.39. The molecular weight excluding hydrogens is 340 g/mol. The van der Waals surface area contributed by atoms with E-state index in [1.165, 1.54) is 11.3 Å². The summed E-state index contributed by atoms with van der Waals surface area (Å²) < 4.78 is 16.8. The summed E-state index contributed by atoms with van der Waals surface area (Å²) in [6, 6.07) is 7.10. The van der Waals surface area contributed by atoms with E-state index < -0.39 is 0 Å². The van der Waals surface area contributed by atoms with Crippen LogP contribution in [0, 0.1) is 0 Å². The zero-order valence-corrected chi connectivity index (χ0v) is 15.4. The molecule has 1 aromatic carbocycles. The Morgan fingerprint density at radius 3 is 2.28 bits per heavy atom. The van der Waals surface area contributed by atoms with E-state index in [-0.39, 0.29) is 5.91 Å². The van der Waals surface area contributed by atoms with Crippen molar-refractivity contribution in [3.05, 3.63) is 40.1 Å². The third-order valence-electron chi connectivity index (χ3n) is 3.07. The van der Waals surface area contributed by atoms with Crippen molar-refractivity contribution in [2.45, 2.75) is 20.8 Å². The van der Waals surface area contributed by atoms with E-state index in [0.29, 0.717) is 42.6 Å². The third-order valence-corrected chi connectivity index (χ3v) is 3.88. The highest BCUT2D eigenvalue weighted by Gasteiger charge is 2.18. The molecule has 2 aromatic rings. The third kappa shape index (κ3) is 5.22. The van der Waals surface area contributed by atoms with Gasteiger partial charge in [-0.15, -0.1) is 11.3 Å². The number of carbonyl (C=O) groups excluding carboxylic acids is 1. The van der Waals surface area contributed by atoms with Gasteiger partial charge in [-0.1, -0.05) is 6.07 Å². The van der Waals surface area contributed by atoms with Gasteiger partial charge in [0.15, 0.2) is 11.5 Å². The van der Waals surface area contributed by atoms with Gasteiger partial charge in [0.2, 0.25) is 5.75 Å². The van der Waals surface area contributed by atoms with Crippen LogP contribution >= 0.6 is 11.3 Å². The molecule has 0 saturated heterocycles. The van der Waals surface area contributed by atoms with Gasteiger partial charge in [0.05, 0.1) is 26.0 Å². The molecule has 0 aliphatic rings. The van der Waals surface area contributed by atoms with Crippen molar-refractivity contribution in [1.29, 1.82) is 0 Å². The molecule has 7 heteroatoms. The Labute approximate surface area is 151 Å². The highest BCUT2D eigenvalue weighted by atomic mass is 32.1. The van der Waals surface area contributed by atoms with Gasteiger partial charge < -0.3 is 14.2 Å². The summed E-state index contributed by atoms with van der Waals surface area (Å²) in [5.41, 5.74) is 2.90. The van der Waals surface area contributed by atoms with E-state index in [1.807, 2.05) is 38.3 Å². The molecule has 134 valence electrons. The van der Waals surface area contributed by atoms with Crippen LogP contribution in [-0.4, -0.2) is 31.9 Å². The molecule has 0 spiro atoms. The molecule has 0 bridgehead atoms. The maximum absolute atomic E-state index is 12.4. The van der Waals surface area contributed by atoms with Gasteiger partial charge in [0.1, 0.15) is 0 Å². The van der Waals surface area contributed by atoms with Crippen LogP contribution in [0.4, 0.5) is 0 Å². The first-order chi connectivity index (χ1) is 12.2. The molecule has 1 N–H and O–H groups in total. The minimum atomic E-state index is -0.349. The van der Waals surface area contributed by atoms with E-state index >= 15 is 0 Å². The van der Waals surface area contributed by atoms with Crippen LogP contribution in [0.25, 0.3) is 0 Å². The highest BCUT2D eigenvalue weighted by molar-refractivity contribution is 7.11. The first kappa shape index (κ1) is 18.8. The number of hydrazone groups is 1. The number of benzene rings is 1. The van der Waals surface area contributed by atoms with Gasteiger partial charge >= 0.3 is 0 Å². The fourth-order valence-corrected chi connectivity index (χ4v) is 2.69. The van der Waals surface area contributed by atoms with Gasteiger partial charge in [-0.2, -0.15) is 5.10 Å². The molecule has 6 nitrogen and oxygen atoms in total. The Morgan fingerprint density at radius 1 is 1.12 bits per heavy atom. The largest absolute Gasteiger partial charge is 0.490 e. The molecule has 0 saturated carbocycles. The predicted molar refractivity (Wildman–Crippen MR) is 99.3 cm³/mol. The van der Waals surface area contributed by atoms with Crippen LogP contribution in [-0.2, 0) is 0 Å². The number of nitrogens with zero attached hydrogens (tertiary/aromatic N) is 1. The number of amides is 1. The Hall–Kier alpha value is -2.54. The number of rotatable bonds is 9. The zero-order valence-electron chi connectivity index (χ0n) is 14.6. The quantitative estimate of drug-likeness (QED) is 0.545. The van der Waals surface area contributed by atoms with Gasteiger partial charge in [-0.3, -0.25) is 4.79 Å². The summed E-state index contributed by atoms with van der Waals surface area (Å²) >= 11 is 1.54. The minimum Gasteiger partial charge on any atom is -0.490 e. The van der Waals surface area contributed by atoms with Crippen molar-refractivity contribution in [2.24, 2.45) is 5.10 Å².